The van der Waals surface area contributed by atoms with Crippen molar-refractivity contribution in [2.75, 3.05) is 6.54 Å². The molecule has 0 heterocycles. The van der Waals surface area contributed by atoms with E-state index in [1.807, 2.05) is 6.92 Å². The Hall–Kier alpha value is -0.620. The number of nitrogens with one attached hydrogen (secondary N) is 1. The minimum atomic E-state index is -3.62. The van der Waals surface area contributed by atoms with E-state index in [1.165, 1.54) is 18.9 Å². The summed E-state index contributed by atoms with van der Waals surface area (Å²) in [6.07, 6.45) is 6.19. The van der Waals surface area contributed by atoms with Gasteiger partial charge in [0.05, 0.1) is 5.02 Å². The van der Waals surface area contributed by atoms with Crippen molar-refractivity contribution in [3.8, 4) is 0 Å². The number of halogens is 1. The Morgan fingerprint density at radius 3 is 2.43 bits per heavy atom. The Balaban J connectivity index is 2.10. The van der Waals surface area contributed by atoms with E-state index in [0.29, 0.717) is 0 Å². The van der Waals surface area contributed by atoms with Crippen molar-refractivity contribution in [3.05, 3.63) is 28.8 Å². The SMILES string of the molecule is Cc1ccc(S(=O)(=O)NCC2(N)CCCCCC2)c(Cl)c1. The molecule has 1 saturated carbocycles. The van der Waals surface area contributed by atoms with Crippen molar-refractivity contribution < 1.29 is 8.42 Å². The average molecular weight is 331 g/mol. The van der Waals surface area contributed by atoms with Gasteiger partial charge in [-0.3, -0.25) is 0 Å². The van der Waals surface area contributed by atoms with Crippen LogP contribution in [0.4, 0.5) is 0 Å². The molecule has 21 heavy (non-hydrogen) atoms. The van der Waals surface area contributed by atoms with Gasteiger partial charge in [0, 0.05) is 12.1 Å². The zero-order valence-corrected chi connectivity index (χ0v) is 13.9. The molecule has 1 aliphatic carbocycles. The molecule has 1 aliphatic rings. The monoisotopic (exact) mass is 330 g/mol. The van der Waals surface area contributed by atoms with E-state index in [4.69, 9.17) is 17.3 Å². The molecule has 1 fully saturated rings. The first-order valence-corrected chi connectivity index (χ1v) is 9.23. The molecule has 1 aromatic rings. The molecule has 6 heteroatoms. The van der Waals surface area contributed by atoms with Gasteiger partial charge in [0.25, 0.3) is 0 Å². The molecule has 118 valence electrons. The number of hydrogen-bond acceptors (Lipinski definition) is 3. The molecule has 0 spiro atoms. The fourth-order valence-corrected chi connectivity index (χ4v) is 4.49. The molecule has 0 amide bonds. The Morgan fingerprint density at radius 2 is 1.86 bits per heavy atom. The van der Waals surface area contributed by atoms with Crippen LogP contribution < -0.4 is 10.5 Å². The fraction of sp³-hybridized carbons (Fsp3) is 0.600. The highest BCUT2D eigenvalue weighted by Crippen LogP contribution is 2.26. The number of hydrogen-bond donors (Lipinski definition) is 2. The van der Waals surface area contributed by atoms with Crippen LogP contribution in [0.5, 0.6) is 0 Å². The van der Waals surface area contributed by atoms with Crippen molar-refractivity contribution in [1.29, 1.82) is 0 Å². The first kappa shape index (κ1) is 16.7. The molecular weight excluding hydrogens is 308 g/mol. The summed E-state index contributed by atoms with van der Waals surface area (Å²) in [5.74, 6) is 0. The van der Waals surface area contributed by atoms with Crippen LogP contribution >= 0.6 is 11.6 Å². The lowest BCUT2D eigenvalue weighted by molar-refractivity contribution is 0.369. The van der Waals surface area contributed by atoms with E-state index in [9.17, 15) is 8.42 Å². The lowest BCUT2D eigenvalue weighted by Gasteiger charge is -2.28. The standard InChI is InChI=1S/C15H23ClN2O2S/c1-12-6-7-14(13(16)10-12)21(19,20)18-11-15(17)8-4-2-3-5-9-15/h6-7,10,18H,2-5,8-9,11,17H2,1H3. The van der Waals surface area contributed by atoms with E-state index >= 15 is 0 Å². The number of rotatable bonds is 4. The zero-order chi connectivity index (χ0) is 15.5. The minimum absolute atomic E-state index is 0.118. The predicted octanol–water partition coefficient (Wildman–Crippen LogP) is 2.98. The maximum Gasteiger partial charge on any atom is 0.242 e. The molecule has 1 aromatic carbocycles. The molecule has 0 unspecified atom stereocenters. The molecular formula is C15H23ClN2O2S. The van der Waals surface area contributed by atoms with Gasteiger partial charge in [-0.25, -0.2) is 13.1 Å². The Bertz CT molecular complexity index is 594. The fourth-order valence-electron chi connectivity index (χ4n) is 2.75. The van der Waals surface area contributed by atoms with Crippen molar-refractivity contribution in [3.63, 3.8) is 0 Å². The largest absolute Gasteiger partial charge is 0.324 e. The third-order valence-corrected chi connectivity index (χ3v) is 5.97. The van der Waals surface area contributed by atoms with Gasteiger partial charge in [0.1, 0.15) is 4.90 Å². The van der Waals surface area contributed by atoms with Gasteiger partial charge in [-0.15, -0.1) is 0 Å². The summed E-state index contributed by atoms with van der Waals surface area (Å²) >= 11 is 6.05. The van der Waals surface area contributed by atoms with Gasteiger partial charge in [-0.2, -0.15) is 0 Å². The van der Waals surface area contributed by atoms with Gasteiger partial charge < -0.3 is 5.73 Å². The smallest absolute Gasteiger partial charge is 0.242 e. The predicted molar refractivity (Wildman–Crippen MR) is 86.0 cm³/mol. The van der Waals surface area contributed by atoms with Crippen LogP contribution in [0.1, 0.15) is 44.1 Å². The molecule has 0 radical (unpaired) electrons. The molecule has 0 bridgehead atoms. The zero-order valence-electron chi connectivity index (χ0n) is 12.4. The molecule has 0 saturated heterocycles. The van der Waals surface area contributed by atoms with Crippen LogP contribution in [0, 0.1) is 6.92 Å². The normalized spacial score (nSPS) is 19.2. The topological polar surface area (TPSA) is 72.2 Å². The number of aryl methyl sites for hydroxylation is 1. The van der Waals surface area contributed by atoms with Crippen molar-refractivity contribution >= 4 is 21.6 Å². The van der Waals surface area contributed by atoms with E-state index < -0.39 is 15.6 Å². The summed E-state index contributed by atoms with van der Waals surface area (Å²) < 4.78 is 27.4. The number of benzene rings is 1. The van der Waals surface area contributed by atoms with Gasteiger partial charge in [-0.05, 0) is 37.5 Å². The Kier molecular flexibility index (Phi) is 5.30. The van der Waals surface area contributed by atoms with E-state index in [2.05, 4.69) is 4.72 Å². The van der Waals surface area contributed by atoms with E-state index in [0.717, 1.165) is 31.2 Å². The van der Waals surface area contributed by atoms with Crippen LogP contribution in [0.2, 0.25) is 5.02 Å². The van der Waals surface area contributed by atoms with Gasteiger partial charge in [0.15, 0.2) is 0 Å². The van der Waals surface area contributed by atoms with E-state index in [-0.39, 0.29) is 16.5 Å². The summed E-state index contributed by atoms with van der Waals surface area (Å²) in [5, 5.41) is 0.245. The van der Waals surface area contributed by atoms with Crippen LogP contribution in [-0.2, 0) is 10.0 Å². The molecule has 2 rings (SSSR count). The van der Waals surface area contributed by atoms with Gasteiger partial charge in [-0.1, -0.05) is 43.4 Å². The summed E-state index contributed by atoms with van der Waals surface area (Å²) in [7, 11) is -3.62. The summed E-state index contributed by atoms with van der Waals surface area (Å²) in [5.41, 5.74) is 6.83. The first-order valence-electron chi connectivity index (χ1n) is 7.37. The van der Waals surface area contributed by atoms with Gasteiger partial charge >= 0.3 is 0 Å². The second-order valence-electron chi connectivity index (χ2n) is 6.04. The van der Waals surface area contributed by atoms with Crippen LogP contribution in [0.15, 0.2) is 23.1 Å². The van der Waals surface area contributed by atoms with Crippen molar-refractivity contribution in [1.82, 2.24) is 4.72 Å². The highest BCUT2D eigenvalue weighted by Gasteiger charge is 2.29. The molecule has 0 atom stereocenters. The quantitative estimate of drug-likeness (QED) is 0.834. The van der Waals surface area contributed by atoms with Gasteiger partial charge in [0.2, 0.25) is 10.0 Å². The van der Waals surface area contributed by atoms with Crippen LogP contribution in [0.25, 0.3) is 0 Å². The highest BCUT2D eigenvalue weighted by molar-refractivity contribution is 7.89. The third kappa shape index (κ3) is 4.42. The lowest BCUT2D eigenvalue weighted by Crippen LogP contribution is -2.49. The maximum absolute atomic E-state index is 12.4. The molecule has 0 aliphatic heterocycles. The molecule has 0 aromatic heterocycles. The second-order valence-corrected chi connectivity index (χ2v) is 8.18. The first-order chi connectivity index (χ1) is 9.82. The average Bonchev–Trinajstić information content (AvgIpc) is 2.62. The number of sulfonamides is 1. The maximum atomic E-state index is 12.4. The van der Waals surface area contributed by atoms with Crippen molar-refractivity contribution in [2.45, 2.75) is 55.9 Å². The summed E-state index contributed by atoms with van der Waals surface area (Å²) in [6.45, 7) is 2.13. The summed E-state index contributed by atoms with van der Waals surface area (Å²) in [4.78, 5) is 0.118. The number of nitrogens with two attached hydrogens (primary N) is 1. The lowest BCUT2D eigenvalue weighted by atomic mass is 9.92. The second kappa shape index (κ2) is 6.65. The van der Waals surface area contributed by atoms with Crippen molar-refractivity contribution in [2.24, 2.45) is 5.73 Å². The van der Waals surface area contributed by atoms with Crippen LogP contribution in [0.3, 0.4) is 0 Å². The summed E-state index contributed by atoms with van der Waals surface area (Å²) in [6, 6.07) is 4.93. The third-order valence-electron chi connectivity index (χ3n) is 4.09. The van der Waals surface area contributed by atoms with Crippen LogP contribution in [-0.4, -0.2) is 20.5 Å². The molecule has 3 N–H and O–H groups in total. The van der Waals surface area contributed by atoms with E-state index in [1.54, 1.807) is 12.1 Å². The highest BCUT2D eigenvalue weighted by atomic mass is 35.5. The Labute approximate surface area is 132 Å². The minimum Gasteiger partial charge on any atom is -0.324 e. The molecule has 4 nitrogen and oxygen atoms in total. The Morgan fingerprint density at radius 1 is 1.24 bits per heavy atom.